The van der Waals surface area contributed by atoms with Crippen molar-refractivity contribution in [1.29, 1.82) is 0 Å². The molecule has 1 fully saturated rings. The summed E-state index contributed by atoms with van der Waals surface area (Å²) in [4.78, 5) is 12.5. The molecular weight excluding hydrogens is 220 g/mol. The molecule has 1 aromatic carbocycles. The zero-order valence-corrected chi connectivity index (χ0v) is 9.80. The van der Waals surface area contributed by atoms with Crippen LogP contribution in [0.2, 0.25) is 0 Å². The van der Waals surface area contributed by atoms with E-state index in [-0.39, 0.29) is 17.2 Å². The van der Waals surface area contributed by atoms with E-state index < -0.39 is 0 Å². The molecule has 92 valence electrons. The van der Waals surface area contributed by atoms with E-state index in [1.54, 1.807) is 12.1 Å². The Kier molecular flexibility index (Phi) is 3.28. The minimum Gasteiger partial charge on any atom is -0.395 e. The summed E-state index contributed by atoms with van der Waals surface area (Å²) in [7, 11) is 0. The summed E-state index contributed by atoms with van der Waals surface area (Å²) in [5.74, 6) is 0. The molecule has 0 amide bonds. The van der Waals surface area contributed by atoms with Crippen LogP contribution in [0.1, 0.15) is 18.4 Å². The molecule has 0 spiro atoms. The van der Waals surface area contributed by atoms with E-state index in [9.17, 15) is 10.1 Å². The Hall–Kier alpha value is -1.62. The number of benzene rings is 1. The van der Waals surface area contributed by atoms with Gasteiger partial charge in [-0.2, -0.15) is 0 Å². The van der Waals surface area contributed by atoms with Crippen molar-refractivity contribution in [3.63, 3.8) is 0 Å². The molecule has 1 saturated carbocycles. The van der Waals surface area contributed by atoms with Crippen molar-refractivity contribution in [3.8, 4) is 0 Å². The van der Waals surface area contributed by atoms with E-state index in [1.807, 2.05) is 13.0 Å². The van der Waals surface area contributed by atoms with Gasteiger partial charge < -0.3 is 10.0 Å². The summed E-state index contributed by atoms with van der Waals surface area (Å²) < 4.78 is 0. The zero-order valence-electron chi connectivity index (χ0n) is 9.80. The van der Waals surface area contributed by atoms with Crippen LogP contribution < -0.4 is 4.90 Å². The van der Waals surface area contributed by atoms with E-state index in [4.69, 9.17) is 5.11 Å². The average Bonchev–Trinajstić information content (AvgIpc) is 3.08. The highest BCUT2D eigenvalue weighted by Crippen LogP contribution is 2.33. The molecule has 5 nitrogen and oxygen atoms in total. The Morgan fingerprint density at radius 2 is 2.18 bits per heavy atom. The van der Waals surface area contributed by atoms with Gasteiger partial charge in [0.1, 0.15) is 0 Å². The first-order valence-electron chi connectivity index (χ1n) is 5.75. The van der Waals surface area contributed by atoms with Crippen LogP contribution in [0.3, 0.4) is 0 Å². The van der Waals surface area contributed by atoms with Crippen molar-refractivity contribution in [1.82, 2.24) is 0 Å². The maximum atomic E-state index is 10.8. The van der Waals surface area contributed by atoms with E-state index in [1.165, 1.54) is 0 Å². The van der Waals surface area contributed by atoms with Gasteiger partial charge in [-0.05, 0) is 31.4 Å². The number of hydrogen-bond acceptors (Lipinski definition) is 4. The lowest BCUT2D eigenvalue weighted by molar-refractivity contribution is -0.384. The number of aliphatic hydroxyl groups excluding tert-OH is 1. The molecule has 1 N–H and O–H groups in total. The molecule has 5 heteroatoms. The number of nitro groups is 1. The van der Waals surface area contributed by atoms with Crippen molar-refractivity contribution in [3.05, 3.63) is 33.9 Å². The molecule has 2 rings (SSSR count). The van der Waals surface area contributed by atoms with Gasteiger partial charge in [0.2, 0.25) is 0 Å². The molecule has 0 heterocycles. The third-order valence-electron chi connectivity index (χ3n) is 2.92. The summed E-state index contributed by atoms with van der Waals surface area (Å²) in [6.07, 6.45) is 2.20. The average molecular weight is 236 g/mol. The second-order valence-electron chi connectivity index (χ2n) is 4.43. The number of anilines is 1. The Morgan fingerprint density at radius 1 is 1.47 bits per heavy atom. The van der Waals surface area contributed by atoms with Crippen LogP contribution in [0.25, 0.3) is 0 Å². The smallest absolute Gasteiger partial charge is 0.271 e. The van der Waals surface area contributed by atoms with Crippen LogP contribution in [-0.4, -0.2) is 29.2 Å². The predicted octanol–water partition coefficient (Wildman–Crippen LogP) is 1.86. The lowest BCUT2D eigenvalue weighted by atomic mass is 10.1. The van der Waals surface area contributed by atoms with Gasteiger partial charge >= 0.3 is 0 Å². The first kappa shape index (κ1) is 11.9. The summed E-state index contributed by atoms with van der Waals surface area (Å²) >= 11 is 0. The molecule has 0 bridgehead atoms. The SMILES string of the molecule is Cc1cc(N(CCO)C2CC2)cc([N+](=O)[O-])c1. The van der Waals surface area contributed by atoms with Gasteiger partial charge in [-0.25, -0.2) is 0 Å². The van der Waals surface area contributed by atoms with Crippen LogP contribution in [0.4, 0.5) is 11.4 Å². The zero-order chi connectivity index (χ0) is 12.4. The first-order valence-corrected chi connectivity index (χ1v) is 5.75. The molecule has 0 aliphatic heterocycles. The molecule has 1 aliphatic rings. The second-order valence-corrected chi connectivity index (χ2v) is 4.43. The number of nitrogens with zero attached hydrogens (tertiary/aromatic N) is 2. The van der Waals surface area contributed by atoms with E-state index >= 15 is 0 Å². The van der Waals surface area contributed by atoms with E-state index in [0.717, 1.165) is 24.1 Å². The number of hydrogen-bond donors (Lipinski definition) is 1. The Labute approximate surface area is 99.8 Å². The first-order chi connectivity index (χ1) is 8.11. The summed E-state index contributed by atoms with van der Waals surface area (Å²) in [5.41, 5.74) is 1.83. The van der Waals surface area contributed by atoms with Crippen LogP contribution in [0.5, 0.6) is 0 Å². The predicted molar refractivity (Wildman–Crippen MR) is 65.3 cm³/mol. The van der Waals surface area contributed by atoms with Gasteiger partial charge in [0.25, 0.3) is 5.69 Å². The molecule has 1 aliphatic carbocycles. The molecule has 0 unspecified atom stereocenters. The van der Waals surface area contributed by atoms with Crippen LogP contribution in [0.15, 0.2) is 18.2 Å². The molecular formula is C12H16N2O3. The topological polar surface area (TPSA) is 66.6 Å². The third kappa shape index (κ3) is 2.74. The third-order valence-corrected chi connectivity index (χ3v) is 2.92. The van der Waals surface area contributed by atoms with Crippen molar-refractivity contribution in [2.75, 3.05) is 18.1 Å². The number of nitro benzene ring substituents is 1. The molecule has 0 aromatic heterocycles. The number of aryl methyl sites for hydroxylation is 1. The second kappa shape index (κ2) is 4.71. The minimum atomic E-state index is -0.374. The standard InChI is InChI=1S/C12H16N2O3/c1-9-6-11(8-12(7-9)14(16)17)13(4-5-15)10-2-3-10/h6-8,10,15H,2-5H2,1H3. The van der Waals surface area contributed by atoms with Gasteiger partial charge in [0.15, 0.2) is 0 Å². The lowest BCUT2D eigenvalue weighted by Gasteiger charge is -2.23. The summed E-state index contributed by atoms with van der Waals surface area (Å²) in [6, 6.07) is 5.51. The highest BCUT2D eigenvalue weighted by Gasteiger charge is 2.29. The maximum absolute atomic E-state index is 10.8. The fourth-order valence-electron chi connectivity index (χ4n) is 2.03. The molecule has 0 atom stereocenters. The Bertz CT molecular complexity index is 430. The highest BCUT2D eigenvalue weighted by atomic mass is 16.6. The van der Waals surface area contributed by atoms with Gasteiger partial charge in [-0.1, -0.05) is 0 Å². The molecule has 17 heavy (non-hydrogen) atoms. The van der Waals surface area contributed by atoms with E-state index in [0.29, 0.717) is 12.6 Å². The van der Waals surface area contributed by atoms with Gasteiger partial charge in [0, 0.05) is 30.4 Å². The van der Waals surface area contributed by atoms with Crippen molar-refractivity contribution < 1.29 is 10.0 Å². The molecule has 1 aromatic rings. The van der Waals surface area contributed by atoms with Gasteiger partial charge in [-0.3, -0.25) is 10.1 Å². The number of aliphatic hydroxyl groups is 1. The normalized spacial score (nSPS) is 14.7. The lowest BCUT2D eigenvalue weighted by Crippen LogP contribution is -2.28. The maximum Gasteiger partial charge on any atom is 0.271 e. The van der Waals surface area contributed by atoms with Crippen molar-refractivity contribution >= 4 is 11.4 Å². The summed E-state index contributed by atoms with van der Waals surface area (Å²) in [6.45, 7) is 2.45. The van der Waals surface area contributed by atoms with Gasteiger partial charge in [0.05, 0.1) is 11.5 Å². The monoisotopic (exact) mass is 236 g/mol. The van der Waals surface area contributed by atoms with E-state index in [2.05, 4.69) is 4.90 Å². The fraction of sp³-hybridized carbons (Fsp3) is 0.500. The molecule has 0 radical (unpaired) electrons. The van der Waals surface area contributed by atoms with Gasteiger partial charge in [-0.15, -0.1) is 0 Å². The van der Waals surface area contributed by atoms with Crippen molar-refractivity contribution in [2.45, 2.75) is 25.8 Å². The van der Waals surface area contributed by atoms with Crippen LogP contribution >= 0.6 is 0 Å². The molecule has 0 saturated heterocycles. The quantitative estimate of drug-likeness (QED) is 0.626. The highest BCUT2D eigenvalue weighted by molar-refractivity contribution is 5.57. The van der Waals surface area contributed by atoms with Crippen LogP contribution in [0, 0.1) is 17.0 Å². The Balaban J connectivity index is 2.31. The summed E-state index contributed by atoms with van der Waals surface area (Å²) in [5, 5.41) is 19.9. The van der Waals surface area contributed by atoms with Crippen LogP contribution in [-0.2, 0) is 0 Å². The Morgan fingerprint density at radius 3 is 2.71 bits per heavy atom. The number of non-ortho nitro benzene ring substituents is 1. The fourth-order valence-corrected chi connectivity index (χ4v) is 2.03. The number of rotatable bonds is 5. The minimum absolute atomic E-state index is 0.0677. The van der Waals surface area contributed by atoms with Crippen molar-refractivity contribution in [2.24, 2.45) is 0 Å². The largest absolute Gasteiger partial charge is 0.395 e.